The quantitative estimate of drug-likeness (QED) is 0.608. The molecule has 0 aliphatic carbocycles. The van der Waals surface area contributed by atoms with Gasteiger partial charge in [-0.05, 0) is 41.6 Å². The van der Waals surface area contributed by atoms with Gasteiger partial charge in [-0.25, -0.2) is 0 Å². The predicted molar refractivity (Wildman–Crippen MR) is 119 cm³/mol. The fourth-order valence-electron chi connectivity index (χ4n) is 1.84. The molecule has 3 rings (SSSR count). The van der Waals surface area contributed by atoms with Crippen molar-refractivity contribution in [1.82, 2.24) is 32.5 Å². The molecule has 1 aromatic heterocycles. The highest BCUT2D eigenvalue weighted by molar-refractivity contribution is 5.35. The molecule has 0 bridgehead atoms. The number of hydrogen-bond donors (Lipinski definition) is 2. The van der Waals surface area contributed by atoms with E-state index < -0.39 is 0 Å². The summed E-state index contributed by atoms with van der Waals surface area (Å²) in [4.78, 5) is 1.52. The number of ether oxygens (including phenoxy) is 2. The van der Waals surface area contributed by atoms with E-state index in [0.29, 0.717) is 0 Å². The van der Waals surface area contributed by atoms with E-state index in [1.807, 2.05) is 68.4 Å². The summed E-state index contributed by atoms with van der Waals surface area (Å²) in [5.74, 6) is 2.75. The number of methoxy groups -OCH3 is 2. The molecule has 0 amide bonds. The second kappa shape index (κ2) is 16.0. The van der Waals surface area contributed by atoms with E-state index >= 15 is 0 Å². The van der Waals surface area contributed by atoms with Crippen LogP contribution in [0.5, 0.6) is 11.5 Å². The zero-order valence-corrected chi connectivity index (χ0v) is 18.5. The Morgan fingerprint density at radius 1 is 0.828 bits per heavy atom. The van der Waals surface area contributed by atoms with Crippen molar-refractivity contribution in [1.29, 1.82) is 0 Å². The van der Waals surface area contributed by atoms with E-state index in [2.05, 4.69) is 29.3 Å². The fraction of sp³-hybridized carbons (Fsp3) is 0.381. The Morgan fingerprint density at radius 3 is 1.69 bits per heavy atom. The summed E-state index contributed by atoms with van der Waals surface area (Å²) in [6, 6.07) is 17.2. The van der Waals surface area contributed by atoms with Crippen molar-refractivity contribution in [2.24, 2.45) is 0 Å². The van der Waals surface area contributed by atoms with Crippen molar-refractivity contribution in [3.05, 3.63) is 60.4 Å². The largest absolute Gasteiger partial charge is 0.497 e. The number of hydrogen-bond acceptors (Lipinski definition) is 7. The van der Waals surface area contributed by atoms with Crippen LogP contribution < -0.4 is 21.8 Å². The highest BCUT2D eigenvalue weighted by Gasteiger charge is 2.07. The number of aromatic nitrogens is 4. The smallest absolute Gasteiger partial charge is 0.177 e. The summed E-state index contributed by atoms with van der Waals surface area (Å²) in [5, 5.41) is 12.3. The number of benzene rings is 2. The van der Waals surface area contributed by atoms with E-state index in [-0.39, 0.29) is 18.2 Å². The maximum absolute atomic E-state index is 5.08. The number of nitrogens with zero attached hydrogens (tertiary/aromatic N) is 4. The lowest BCUT2D eigenvalue weighted by Gasteiger charge is -2.01. The topological polar surface area (TPSA) is 132 Å². The molecule has 0 radical (unpaired) electrons. The molecule has 0 saturated carbocycles. The average Bonchev–Trinajstić information content (AvgIpc) is 3.20. The first-order chi connectivity index (χ1) is 13.0. The highest BCUT2D eigenvalue weighted by Crippen LogP contribution is 2.14. The van der Waals surface area contributed by atoms with Gasteiger partial charge in [0.2, 0.25) is 0 Å². The van der Waals surface area contributed by atoms with Crippen molar-refractivity contribution in [2.45, 2.75) is 40.0 Å². The van der Waals surface area contributed by atoms with Gasteiger partial charge >= 0.3 is 0 Å². The number of tetrazole rings is 1. The molecule has 29 heavy (non-hydrogen) atoms. The summed E-state index contributed by atoms with van der Waals surface area (Å²) in [7, 11) is 3.30. The van der Waals surface area contributed by atoms with Crippen molar-refractivity contribution in [2.75, 3.05) is 14.2 Å². The Morgan fingerprint density at radius 2 is 1.31 bits per heavy atom. The summed E-state index contributed by atoms with van der Waals surface area (Å²) in [6.07, 6.45) is 1.25. The normalized spacial score (nSPS) is 8.93. The minimum absolute atomic E-state index is 0. The minimum atomic E-state index is 0. The van der Waals surface area contributed by atoms with Gasteiger partial charge in [0.05, 0.1) is 19.9 Å². The predicted octanol–water partition coefficient (Wildman–Crippen LogP) is 5.23. The molecule has 0 unspecified atom stereocenters. The van der Waals surface area contributed by atoms with Crippen LogP contribution in [-0.2, 0) is 0 Å². The van der Waals surface area contributed by atoms with Crippen LogP contribution in [-0.4, -0.2) is 34.4 Å². The molecule has 162 valence electrons. The molecule has 8 heteroatoms. The molecule has 0 aliphatic rings. The lowest BCUT2D eigenvalue weighted by Crippen LogP contribution is -1.99. The third kappa shape index (κ3) is 10.2. The zero-order chi connectivity index (χ0) is 20.1. The van der Waals surface area contributed by atoms with Crippen LogP contribution in [0.1, 0.15) is 45.9 Å². The summed E-state index contributed by atoms with van der Waals surface area (Å²) in [5.41, 5.74) is 0.875. The molecule has 0 aliphatic heterocycles. The van der Waals surface area contributed by atoms with Crippen LogP contribution >= 0.6 is 0 Å². The molecule has 3 aromatic rings. The van der Waals surface area contributed by atoms with Crippen LogP contribution in [0.4, 0.5) is 0 Å². The molecule has 0 fully saturated rings. The Kier molecular flexibility index (Phi) is 15.6. The zero-order valence-electron chi connectivity index (χ0n) is 18.5. The second-order valence-corrected chi connectivity index (χ2v) is 6.01. The first kappa shape index (κ1) is 28.2. The first-order valence-electron chi connectivity index (χ1n) is 9.09. The maximum atomic E-state index is 5.08. The van der Waals surface area contributed by atoms with Gasteiger partial charge in [0.25, 0.3) is 0 Å². The SMILES string of the molecule is CCC.COc1ccc(-n2nnc(C(C)C)n2)cc1.COc1ccccc1.N.N. The Balaban J connectivity index is 0. The van der Waals surface area contributed by atoms with Gasteiger partial charge in [0, 0.05) is 5.92 Å². The van der Waals surface area contributed by atoms with Crippen molar-refractivity contribution < 1.29 is 9.47 Å². The third-order valence-corrected chi connectivity index (χ3v) is 3.23. The standard InChI is InChI=1S/C11H14N4O.C7H8O.C3H8.2H3N/c1-8(2)11-12-14-15(13-11)9-4-6-10(16-3)7-5-9;1-8-7-5-3-2-4-6-7;1-3-2;;/h4-8H,1-3H3;2-6H,1H3;3H2,1-2H3;2*1H3. The average molecular weight is 405 g/mol. The molecule has 0 saturated heterocycles. The fourth-order valence-corrected chi connectivity index (χ4v) is 1.84. The van der Waals surface area contributed by atoms with Crippen LogP contribution in [0.25, 0.3) is 5.69 Å². The van der Waals surface area contributed by atoms with Crippen LogP contribution in [0, 0.1) is 0 Å². The van der Waals surface area contributed by atoms with Crippen LogP contribution in [0.3, 0.4) is 0 Å². The lowest BCUT2D eigenvalue weighted by atomic mass is 10.2. The molecule has 2 aromatic carbocycles. The Hall–Kier alpha value is -2.97. The molecular formula is C21H36N6O2. The van der Waals surface area contributed by atoms with Gasteiger partial charge in [-0.15, -0.1) is 15.0 Å². The van der Waals surface area contributed by atoms with Crippen molar-refractivity contribution >= 4 is 0 Å². The van der Waals surface area contributed by atoms with Gasteiger partial charge in [-0.1, -0.05) is 52.3 Å². The van der Waals surface area contributed by atoms with E-state index in [0.717, 1.165) is 23.0 Å². The summed E-state index contributed by atoms with van der Waals surface area (Å²) in [6.45, 7) is 8.32. The lowest BCUT2D eigenvalue weighted by molar-refractivity contribution is 0.414. The van der Waals surface area contributed by atoms with E-state index in [1.165, 1.54) is 11.2 Å². The molecule has 0 spiro atoms. The highest BCUT2D eigenvalue weighted by atomic mass is 16.5. The molecule has 1 heterocycles. The van der Waals surface area contributed by atoms with Crippen LogP contribution in [0.2, 0.25) is 0 Å². The second-order valence-electron chi connectivity index (χ2n) is 6.01. The summed E-state index contributed by atoms with van der Waals surface area (Å²) >= 11 is 0. The minimum Gasteiger partial charge on any atom is -0.497 e. The Labute approximate surface area is 174 Å². The van der Waals surface area contributed by atoms with Crippen molar-refractivity contribution in [3.63, 3.8) is 0 Å². The van der Waals surface area contributed by atoms with E-state index in [4.69, 9.17) is 9.47 Å². The molecule has 0 atom stereocenters. The number of rotatable bonds is 4. The van der Waals surface area contributed by atoms with Gasteiger partial charge < -0.3 is 21.8 Å². The molecule has 6 N–H and O–H groups in total. The molecule has 8 nitrogen and oxygen atoms in total. The maximum Gasteiger partial charge on any atom is 0.177 e. The van der Waals surface area contributed by atoms with Gasteiger partial charge in [-0.2, -0.15) is 0 Å². The van der Waals surface area contributed by atoms with Crippen molar-refractivity contribution in [3.8, 4) is 17.2 Å². The first-order valence-corrected chi connectivity index (χ1v) is 9.09. The molecular weight excluding hydrogens is 368 g/mol. The van der Waals surface area contributed by atoms with E-state index in [1.54, 1.807) is 14.2 Å². The van der Waals surface area contributed by atoms with Gasteiger partial charge in [0.1, 0.15) is 11.5 Å². The third-order valence-electron chi connectivity index (χ3n) is 3.23. The van der Waals surface area contributed by atoms with Crippen LogP contribution in [0.15, 0.2) is 54.6 Å². The Bertz CT molecular complexity index is 745. The monoisotopic (exact) mass is 404 g/mol. The number of para-hydroxylation sites is 1. The summed E-state index contributed by atoms with van der Waals surface area (Å²) < 4.78 is 10.00. The van der Waals surface area contributed by atoms with Gasteiger partial charge in [-0.3, -0.25) is 0 Å². The van der Waals surface area contributed by atoms with E-state index in [9.17, 15) is 0 Å². The van der Waals surface area contributed by atoms with Gasteiger partial charge in [0.15, 0.2) is 5.82 Å².